The third-order valence-electron chi connectivity index (χ3n) is 3.18. The Kier molecular flexibility index (Phi) is 7.56. The van der Waals surface area contributed by atoms with Crippen LogP contribution in [0.15, 0.2) is 29.1 Å². The van der Waals surface area contributed by atoms with Crippen molar-refractivity contribution in [2.45, 2.75) is 25.7 Å². The number of nitrogens with zero attached hydrogens (tertiary/aromatic N) is 1. The van der Waals surface area contributed by atoms with Gasteiger partial charge in [0.25, 0.3) is 5.56 Å². The zero-order valence-corrected chi connectivity index (χ0v) is 13.1. The summed E-state index contributed by atoms with van der Waals surface area (Å²) in [6, 6.07) is 7.22. The van der Waals surface area contributed by atoms with Gasteiger partial charge in [0.05, 0.1) is 10.9 Å². The Morgan fingerprint density at radius 2 is 2.05 bits per heavy atom. The molecule has 0 atom stereocenters. The molecule has 0 bridgehead atoms. The largest absolute Gasteiger partial charge is 0.356 e. The summed E-state index contributed by atoms with van der Waals surface area (Å²) in [5.41, 5.74) is 5.90. The molecule has 7 heteroatoms. The number of hydrogen-bond donors (Lipinski definition) is 3. The smallest absolute Gasteiger partial charge is 0.258 e. The van der Waals surface area contributed by atoms with Crippen molar-refractivity contribution in [3.05, 3.63) is 40.4 Å². The zero-order chi connectivity index (χ0) is 15.1. The van der Waals surface area contributed by atoms with Crippen LogP contribution in [-0.4, -0.2) is 29.0 Å². The number of halogens is 1. The number of aromatic amines is 1. The lowest BCUT2D eigenvalue weighted by molar-refractivity contribution is -0.121. The quantitative estimate of drug-likeness (QED) is 0.665. The molecule has 4 N–H and O–H groups in total. The third-order valence-corrected chi connectivity index (χ3v) is 3.18. The Morgan fingerprint density at radius 1 is 1.27 bits per heavy atom. The van der Waals surface area contributed by atoms with Gasteiger partial charge in [-0.2, -0.15) is 0 Å². The van der Waals surface area contributed by atoms with Gasteiger partial charge >= 0.3 is 0 Å². The highest BCUT2D eigenvalue weighted by Gasteiger charge is 2.05. The van der Waals surface area contributed by atoms with Crippen LogP contribution in [0.4, 0.5) is 0 Å². The number of carbonyl (C=O) groups is 1. The summed E-state index contributed by atoms with van der Waals surface area (Å²) in [5.74, 6) is 0.625. The number of rotatable bonds is 7. The molecule has 6 nitrogen and oxygen atoms in total. The van der Waals surface area contributed by atoms with Gasteiger partial charge in [-0.15, -0.1) is 12.4 Å². The summed E-state index contributed by atoms with van der Waals surface area (Å²) in [4.78, 5) is 30.6. The first-order chi connectivity index (χ1) is 10.2. The Bertz CT molecular complexity index is 672. The predicted molar refractivity (Wildman–Crippen MR) is 89.2 cm³/mol. The molecule has 0 aliphatic carbocycles. The molecule has 1 heterocycles. The van der Waals surface area contributed by atoms with Crippen LogP contribution < -0.4 is 16.6 Å². The van der Waals surface area contributed by atoms with E-state index in [1.807, 2.05) is 18.2 Å². The first kappa shape index (κ1) is 18.1. The van der Waals surface area contributed by atoms with E-state index < -0.39 is 0 Å². The van der Waals surface area contributed by atoms with Crippen LogP contribution in [0.3, 0.4) is 0 Å². The van der Waals surface area contributed by atoms with E-state index in [-0.39, 0.29) is 23.9 Å². The Morgan fingerprint density at radius 3 is 2.82 bits per heavy atom. The summed E-state index contributed by atoms with van der Waals surface area (Å²) in [6.07, 6.45) is 2.42. The Labute approximate surface area is 134 Å². The Hall–Kier alpha value is -1.92. The van der Waals surface area contributed by atoms with Crippen molar-refractivity contribution in [3.8, 4) is 0 Å². The SMILES string of the molecule is Cl.NCCCNC(=O)CCCc1nc2ccccc2c(=O)[nH]1. The fourth-order valence-electron chi connectivity index (χ4n) is 2.09. The molecule has 0 aliphatic heterocycles. The van der Waals surface area contributed by atoms with E-state index in [1.54, 1.807) is 6.07 Å². The minimum atomic E-state index is -0.136. The number of fused-ring (bicyclic) bond motifs is 1. The highest BCUT2D eigenvalue weighted by molar-refractivity contribution is 5.85. The van der Waals surface area contributed by atoms with Gasteiger partial charge in [-0.25, -0.2) is 4.98 Å². The molecule has 0 spiro atoms. The van der Waals surface area contributed by atoms with Crippen LogP contribution in [0.2, 0.25) is 0 Å². The maximum absolute atomic E-state index is 11.9. The molecule has 0 saturated heterocycles. The first-order valence-corrected chi connectivity index (χ1v) is 7.15. The van der Waals surface area contributed by atoms with Crippen molar-refractivity contribution in [2.75, 3.05) is 13.1 Å². The normalized spacial score (nSPS) is 10.2. The second-order valence-corrected chi connectivity index (χ2v) is 4.88. The Balaban J connectivity index is 0.00000242. The summed E-state index contributed by atoms with van der Waals surface area (Å²) < 4.78 is 0. The van der Waals surface area contributed by atoms with E-state index in [0.717, 1.165) is 6.42 Å². The maximum Gasteiger partial charge on any atom is 0.258 e. The maximum atomic E-state index is 11.9. The highest BCUT2D eigenvalue weighted by Crippen LogP contribution is 2.07. The number of amides is 1. The van der Waals surface area contributed by atoms with E-state index in [0.29, 0.717) is 49.1 Å². The van der Waals surface area contributed by atoms with Gasteiger partial charge in [-0.1, -0.05) is 12.1 Å². The predicted octanol–water partition coefficient (Wildman–Crippen LogP) is 1.13. The molecule has 0 aliphatic rings. The number of aryl methyl sites for hydroxylation is 1. The number of benzene rings is 1. The molecule has 0 saturated carbocycles. The van der Waals surface area contributed by atoms with E-state index >= 15 is 0 Å². The lowest BCUT2D eigenvalue weighted by Gasteiger charge is -2.05. The molecule has 2 rings (SSSR count). The minimum absolute atomic E-state index is 0. The van der Waals surface area contributed by atoms with Gasteiger partial charge in [0.2, 0.25) is 5.91 Å². The molecule has 0 fully saturated rings. The number of para-hydroxylation sites is 1. The first-order valence-electron chi connectivity index (χ1n) is 7.15. The van der Waals surface area contributed by atoms with E-state index in [9.17, 15) is 9.59 Å². The van der Waals surface area contributed by atoms with Gasteiger partial charge in [-0.3, -0.25) is 9.59 Å². The molecule has 22 heavy (non-hydrogen) atoms. The molecular formula is C15H21ClN4O2. The van der Waals surface area contributed by atoms with Crippen molar-refractivity contribution >= 4 is 29.2 Å². The highest BCUT2D eigenvalue weighted by atomic mass is 35.5. The molecule has 120 valence electrons. The molecule has 2 aromatic rings. The van der Waals surface area contributed by atoms with E-state index in [2.05, 4.69) is 15.3 Å². The van der Waals surface area contributed by atoms with Crippen LogP contribution in [0.25, 0.3) is 10.9 Å². The lowest BCUT2D eigenvalue weighted by Crippen LogP contribution is -2.25. The fourth-order valence-corrected chi connectivity index (χ4v) is 2.09. The average Bonchev–Trinajstić information content (AvgIpc) is 2.48. The molecule has 1 amide bonds. The third kappa shape index (κ3) is 5.13. The van der Waals surface area contributed by atoms with Crippen LogP contribution >= 0.6 is 12.4 Å². The van der Waals surface area contributed by atoms with Crippen molar-refractivity contribution in [1.29, 1.82) is 0 Å². The number of hydrogen-bond acceptors (Lipinski definition) is 4. The lowest BCUT2D eigenvalue weighted by atomic mass is 10.2. The number of aromatic nitrogens is 2. The van der Waals surface area contributed by atoms with Crippen LogP contribution in [-0.2, 0) is 11.2 Å². The number of nitrogens with two attached hydrogens (primary N) is 1. The van der Waals surface area contributed by atoms with Crippen molar-refractivity contribution in [2.24, 2.45) is 5.73 Å². The minimum Gasteiger partial charge on any atom is -0.356 e. The number of H-pyrrole nitrogens is 1. The fraction of sp³-hybridized carbons (Fsp3) is 0.400. The van der Waals surface area contributed by atoms with Gasteiger partial charge in [0.15, 0.2) is 0 Å². The molecule has 0 unspecified atom stereocenters. The van der Waals surface area contributed by atoms with E-state index in [1.165, 1.54) is 0 Å². The van der Waals surface area contributed by atoms with E-state index in [4.69, 9.17) is 5.73 Å². The molecular weight excluding hydrogens is 304 g/mol. The van der Waals surface area contributed by atoms with Gasteiger partial charge < -0.3 is 16.0 Å². The monoisotopic (exact) mass is 324 g/mol. The van der Waals surface area contributed by atoms with Gasteiger partial charge in [0, 0.05) is 19.4 Å². The van der Waals surface area contributed by atoms with Gasteiger partial charge in [-0.05, 0) is 31.5 Å². The summed E-state index contributed by atoms with van der Waals surface area (Å²) in [6.45, 7) is 1.18. The van der Waals surface area contributed by atoms with Crippen LogP contribution in [0, 0.1) is 0 Å². The summed E-state index contributed by atoms with van der Waals surface area (Å²) in [5, 5.41) is 3.38. The topological polar surface area (TPSA) is 101 Å². The summed E-state index contributed by atoms with van der Waals surface area (Å²) >= 11 is 0. The summed E-state index contributed by atoms with van der Waals surface area (Å²) in [7, 11) is 0. The molecule has 1 aromatic heterocycles. The van der Waals surface area contributed by atoms with Crippen molar-refractivity contribution in [3.63, 3.8) is 0 Å². The van der Waals surface area contributed by atoms with Crippen LogP contribution in [0.5, 0.6) is 0 Å². The average molecular weight is 325 g/mol. The van der Waals surface area contributed by atoms with Crippen LogP contribution in [0.1, 0.15) is 25.1 Å². The standard InChI is InChI=1S/C15H20N4O2.ClH/c16-9-4-10-17-14(20)8-3-7-13-18-12-6-2-1-5-11(12)15(21)19-13;/h1-2,5-6H,3-4,7-10,16H2,(H,17,20)(H,18,19,21);1H. The second kappa shape index (κ2) is 9.17. The van der Waals surface area contributed by atoms with Crippen molar-refractivity contribution in [1.82, 2.24) is 15.3 Å². The molecule has 0 radical (unpaired) electrons. The zero-order valence-electron chi connectivity index (χ0n) is 12.3. The number of carbonyl (C=O) groups excluding carboxylic acids is 1. The number of nitrogens with one attached hydrogen (secondary N) is 2. The van der Waals surface area contributed by atoms with Crippen molar-refractivity contribution < 1.29 is 4.79 Å². The van der Waals surface area contributed by atoms with Gasteiger partial charge in [0.1, 0.15) is 5.82 Å². The second-order valence-electron chi connectivity index (χ2n) is 4.88. The molecule has 1 aromatic carbocycles.